The van der Waals surface area contributed by atoms with Crippen molar-refractivity contribution in [3.05, 3.63) is 49.3 Å². The quantitative estimate of drug-likeness (QED) is 0.220. The van der Waals surface area contributed by atoms with Crippen molar-refractivity contribution >= 4 is 11.7 Å². The maximum absolute atomic E-state index is 11.7. The molecule has 11 heteroatoms. The summed E-state index contributed by atoms with van der Waals surface area (Å²) < 4.78 is 0. The van der Waals surface area contributed by atoms with Crippen LogP contribution in [0.5, 0.6) is 0 Å². The van der Waals surface area contributed by atoms with E-state index in [0.717, 1.165) is 6.07 Å². The number of rotatable bonds is 14. The molecule has 0 aliphatic heterocycles. The topological polar surface area (TPSA) is 163 Å². The molecule has 1 rings (SSSR count). The number of nitro groups is 1. The molecule has 11 nitrogen and oxygen atoms in total. The molecule has 0 bridgehead atoms. The fraction of sp³-hybridized carbons (Fsp3) is 0.667. The van der Waals surface area contributed by atoms with Gasteiger partial charge in [-0.2, -0.15) is 9.81 Å². The lowest BCUT2D eigenvalue weighted by molar-refractivity contribution is -0.384. The minimum atomic E-state index is -1.25. The first-order chi connectivity index (χ1) is 14.7. The molecule has 2 atom stereocenters. The molecule has 0 spiro atoms. The lowest BCUT2D eigenvalue weighted by Gasteiger charge is -2.34. The number of carboxylic acids is 1. The van der Waals surface area contributed by atoms with Gasteiger partial charge in [0.1, 0.15) is 12.1 Å². The monoisotopic (exact) mass is 451 g/mol. The number of nitroso groups, excluding NO2 is 2. The van der Waals surface area contributed by atoms with Gasteiger partial charge >= 0.3 is 5.97 Å². The van der Waals surface area contributed by atoms with Crippen LogP contribution in [-0.4, -0.2) is 52.3 Å². The smallest absolute Gasteiger partial charge is 0.336 e. The molecule has 1 aromatic carbocycles. The van der Waals surface area contributed by atoms with Crippen LogP contribution in [0.15, 0.2) is 28.6 Å². The van der Waals surface area contributed by atoms with E-state index in [1.807, 2.05) is 27.7 Å². The molecule has 0 aromatic heterocycles. The number of aromatic carboxylic acids is 1. The number of nitrogens with zero attached hydrogens (tertiary/aromatic N) is 3. The van der Waals surface area contributed by atoms with Gasteiger partial charge in [-0.3, -0.25) is 10.1 Å². The highest BCUT2D eigenvalue weighted by atomic mass is 16.6. The van der Waals surface area contributed by atoms with Crippen LogP contribution < -0.4 is 10.6 Å². The number of hydrogen-bond donors (Lipinski definition) is 3. The van der Waals surface area contributed by atoms with E-state index in [1.165, 1.54) is 12.1 Å². The summed E-state index contributed by atoms with van der Waals surface area (Å²) in [5.41, 5.74) is -1.17. The maximum atomic E-state index is 11.7. The normalized spacial score (nSPS) is 14.9. The van der Waals surface area contributed by atoms with Crippen LogP contribution in [0.25, 0.3) is 0 Å². The molecule has 32 heavy (non-hydrogen) atoms. The van der Waals surface area contributed by atoms with Gasteiger partial charge in [-0.1, -0.05) is 16.4 Å². The Labute approximate surface area is 187 Å². The lowest BCUT2D eigenvalue weighted by Crippen LogP contribution is -2.53. The summed E-state index contributed by atoms with van der Waals surface area (Å²) in [4.78, 5) is 44.1. The van der Waals surface area contributed by atoms with Crippen LogP contribution >= 0.6 is 0 Å². The summed E-state index contributed by atoms with van der Waals surface area (Å²) in [6, 6.07) is 2.79. The van der Waals surface area contributed by atoms with Crippen molar-refractivity contribution in [3.8, 4) is 0 Å². The Morgan fingerprint density at radius 2 is 1.53 bits per heavy atom. The predicted molar refractivity (Wildman–Crippen MR) is 122 cm³/mol. The molecule has 0 heterocycles. The summed E-state index contributed by atoms with van der Waals surface area (Å²) in [7, 11) is 0. The number of benzene rings is 1. The van der Waals surface area contributed by atoms with Crippen LogP contribution in [0.1, 0.15) is 57.5 Å². The van der Waals surface area contributed by atoms with Crippen LogP contribution in [0.2, 0.25) is 0 Å². The van der Waals surface area contributed by atoms with E-state index in [4.69, 9.17) is 0 Å². The van der Waals surface area contributed by atoms with Crippen molar-refractivity contribution in [2.75, 3.05) is 13.1 Å². The molecule has 0 saturated heterocycles. The summed E-state index contributed by atoms with van der Waals surface area (Å²) in [5, 5.41) is 33.4. The van der Waals surface area contributed by atoms with Gasteiger partial charge in [-0.05, 0) is 59.4 Å². The summed E-state index contributed by atoms with van der Waals surface area (Å²) in [5.74, 6) is -1.41. The second kappa shape index (κ2) is 11.2. The zero-order valence-electron chi connectivity index (χ0n) is 19.4. The van der Waals surface area contributed by atoms with Gasteiger partial charge in [0.15, 0.2) is 0 Å². The van der Waals surface area contributed by atoms with Gasteiger partial charge < -0.3 is 15.7 Å². The van der Waals surface area contributed by atoms with Crippen molar-refractivity contribution in [1.82, 2.24) is 10.6 Å². The van der Waals surface area contributed by atoms with Crippen LogP contribution in [0.4, 0.5) is 5.69 Å². The minimum Gasteiger partial charge on any atom is -0.478 e. The third-order valence-corrected chi connectivity index (χ3v) is 6.14. The number of non-ortho nitro benzene ring substituents is 1. The first kappa shape index (κ1) is 27.2. The van der Waals surface area contributed by atoms with Gasteiger partial charge in [-0.15, -0.1) is 0 Å². The summed E-state index contributed by atoms with van der Waals surface area (Å²) >= 11 is 0. The number of carboxylic acid groups (broad SMARTS) is 1. The average Bonchev–Trinajstić information content (AvgIpc) is 2.73. The predicted octanol–water partition coefficient (Wildman–Crippen LogP) is 3.50. The molecule has 2 unspecified atom stereocenters. The molecule has 0 aliphatic rings. The third-order valence-electron chi connectivity index (χ3n) is 6.14. The van der Waals surface area contributed by atoms with Crippen molar-refractivity contribution in [2.24, 2.45) is 16.3 Å². The molecular weight excluding hydrogens is 418 g/mol. The molecule has 0 fully saturated rings. The van der Waals surface area contributed by atoms with Crippen LogP contribution in [0.3, 0.4) is 0 Å². The second-order valence-electron chi connectivity index (χ2n) is 9.24. The number of nitrogens with one attached hydrogen (secondary N) is 2. The Balaban J connectivity index is 3.17. The number of nitro benzene ring substituents is 1. The summed E-state index contributed by atoms with van der Waals surface area (Å²) in [6.07, 6.45) is 0.303. The van der Waals surface area contributed by atoms with Crippen molar-refractivity contribution < 1.29 is 14.8 Å². The molecule has 0 saturated carbocycles. The van der Waals surface area contributed by atoms with Crippen LogP contribution in [0, 0.1) is 25.8 Å². The molecule has 178 valence electrons. The maximum Gasteiger partial charge on any atom is 0.336 e. The van der Waals surface area contributed by atoms with E-state index in [1.54, 1.807) is 13.8 Å². The van der Waals surface area contributed by atoms with Crippen molar-refractivity contribution in [3.63, 3.8) is 0 Å². The Morgan fingerprint density at radius 1 is 1.06 bits per heavy atom. The fourth-order valence-corrected chi connectivity index (χ4v) is 2.96. The van der Waals surface area contributed by atoms with Gasteiger partial charge in [0.05, 0.1) is 10.5 Å². The summed E-state index contributed by atoms with van der Waals surface area (Å²) in [6.45, 7) is 11.6. The Kier molecular flexibility index (Phi) is 9.52. The van der Waals surface area contributed by atoms with Gasteiger partial charge in [0, 0.05) is 36.3 Å². The molecule has 0 aliphatic carbocycles. The number of hydrogen-bond acceptors (Lipinski definition) is 9. The zero-order chi connectivity index (χ0) is 24.7. The van der Waals surface area contributed by atoms with E-state index >= 15 is 0 Å². The van der Waals surface area contributed by atoms with Crippen LogP contribution in [-0.2, 0) is 6.42 Å². The Bertz CT molecular complexity index is 812. The SMILES string of the molecule is CC(N=O)C(C)(C)NCC(CNC(C)(C)C(C)N=O)Cc1ccc([N+](=O)[O-])cc1C(=O)O. The Hall–Kier alpha value is -2.79. The second-order valence-corrected chi connectivity index (χ2v) is 9.24. The minimum absolute atomic E-state index is 0.131. The molecule has 0 radical (unpaired) electrons. The molecule has 0 amide bonds. The Morgan fingerprint density at radius 3 is 1.91 bits per heavy atom. The molecule has 1 aromatic rings. The highest BCUT2D eigenvalue weighted by Gasteiger charge is 2.30. The fourth-order valence-electron chi connectivity index (χ4n) is 2.96. The van der Waals surface area contributed by atoms with Gasteiger partial charge in [0.25, 0.3) is 5.69 Å². The van der Waals surface area contributed by atoms with Gasteiger partial charge in [-0.25, -0.2) is 4.79 Å². The van der Waals surface area contributed by atoms with E-state index in [2.05, 4.69) is 21.0 Å². The average molecular weight is 452 g/mol. The van der Waals surface area contributed by atoms with E-state index < -0.39 is 34.1 Å². The molecular formula is C21H33N5O6. The molecule has 3 N–H and O–H groups in total. The largest absolute Gasteiger partial charge is 0.478 e. The first-order valence-electron chi connectivity index (χ1n) is 10.4. The van der Waals surface area contributed by atoms with E-state index in [-0.39, 0.29) is 17.2 Å². The number of carbonyl (C=O) groups is 1. The van der Waals surface area contributed by atoms with E-state index in [0.29, 0.717) is 25.1 Å². The standard InChI is InChI=1S/C21H33N5O6/c1-13(24-29)20(3,4)22-11-15(12-23-21(5,6)14(2)25-30)9-16-7-8-17(26(31)32)10-18(16)19(27)28/h7-8,10,13-15,22-23H,9,11-12H2,1-6H3,(H,27,28). The lowest BCUT2D eigenvalue weighted by atomic mass is 9.90. The van der Waals surface area contributed by atoms with Gasteiger partial charge in [0.2, 0.25) is 0 Å². The first-order valence-corrected chi connectivity index (χ1v) is 10.4. The zero-order valence-corrected chi connectivity index (χ0v) is 19.4. The highest BCUT2D eigenvalue weighted by Crippen LogP contribution is 2.22. The highest BCUT2D eigenvalue weighted by molar-refractivity contribution is 5.90. The van der Waals surface area contributed by atoms with Crippen molar-refractivity contribution in [1.29, 1.82) is 0 Å². The third kappa shape index (κ3) is 7.41. The van der Waals surface area contributed by atoms with E-state index in [9.17, 15) is 29.8 Å². The van der Waals surface area contributed by atoms with Crippen molar-refractivity contribution in [2.45, 2.75) is 71.1 Å².